The normalized spacial score (nSPS) is 12.2. The summed E-state index contributed by atoms with van der Waals surface area (Å²) in [4.78, 5) is 10.3. The van der Waals surface area contributed by atoms with E-state index in [-0.39, 0.29) is 12.3 Å². The van der Waals surface area contributed by atoms with Crippen molar-refractivity contribution < 1.29 is 15.1 Å². The van der Waals surface area contributed by atoms with Crippen molar-refractivity contribution in [3.63, 3.8) is 0 Å². The fourth-order valence-electron chi connectivity index (χ4n) is 1.53. The molecule has 0 saturated carbocycles. The summed E-state index contributed by atoms with van der Waals surface area (Å²) in [5.74, 6) is 0.936. The fourth-order valence-corrected chi connectivity index (χ4v) is 2.49. The number of benzene rings is 1. The van der Waals surface area contributed by atoms with E-state index in [0.29, 0.717) is 11.5 Å². The number of rotatable bonds is 8. The molecule has 0 bridgehead atoms. The van der Waals surface area contributed by atoms with Crippen molar-refractivity contribution in [2.75, 3.05) is 24.2 Å². The number of non-ortho nitro benzene ring substituents is 1. The molecule has 1 rings (SSSR count). The zero-order chi connectivity index (χ0) is 14.3. The predicted octanol–water partition coefficient (Wildman–Crippen LogP) is 1.61. The first-order valence-electron chi connectivity index (χ1n) is 5.96. The number of hydrogen-bond acceptors (Lipinski definition) is 6. The lowest BCUT2D eigenvalue weighted by Crippen LogP contribution is -2.14. The summed E-state index contributed by atoms with van der Waals surface area (Å²) in [6.07, 6.45) is -0.758. The Morgan fingerprint density at radius 2 is 2.26 bits per heavy atom. The Morgan fingerprint density at radius 1 is 1.53 bits per heavy atom. The summed E-state index contributed by atoms with van der Waals surface area (Å²) in [5, 5.41) is 31.9. The second-order valence-electron chi connectivity index (χ2n) is 3.98. The van der Waals surface area contributed by atoms with Crippen LogP contribution in [0.3, 0.4) is 0 Å². The summed E-state index contributed by atoms with van der Waals surface area (Å²) in [5.41, 5.74) is 1.74. The first-order valence-corrected chi connectivity index (χ1v) is 7.11. The Morgan fingerprint density at radius 3 is 2.84 bits per heavy atom. The summed E-state index contributed by atoms with van der Waals surface area (Å²) >= 11 is 1.43. The van der Waals surface area contributed by atoms with Crippen LogP contribution in [0.1, 0.15) is 12.5 Å². The van der Waals surface area contributed by atoms with Gasteiger partial charge in [0.25, 0.3) is 5.69 Å². The molecule has 0 amide bonds. The van der Waals surface area contributed by atoms with Crippen LogP contribution in [-0.2, 0) is 5.75 Å². The summed E-state index contributed by atoms with van der Waals surface area (Å²) in [6.45, 7) is 2.41. The second-order valence-corrected chi connectivity index (χ2v) is 5.01. The highest BCUT2D eigenvalue weighted by Gasteiger charge is 2.11. The highest BCUT2D eigenvalue weighted by molar-refractivity contribution is 7.98. The smallest absolute Gasteiger partial charge is 0.269 e. The topological polar surface area (TPSA) is 95.6 Å². The van der Waals surface area contributed by atoms with Gasteiger partial charge in [-0.2, -0.15) is 11.8 Å². The number of anilines is 1. The quantitative estimate of drug-likeness (QED) is 0.496. The number of thioether (sulfide) groups is 1. The maximum atomic E-state index is 10.8. The van der Waals surface area contributed by atoms with Crippen molar-refractivity contribution in [2.24, 2.45) is 0 Å². The molecule has 0 aromatic heterocycles. The average Bonchev–Trinajstić information content (AvgIpc) is 2.40. The van der Waals surface area contributed by atoms with E-state index in [4.69, 9.17) is 5.11 Å². The van der Waals surface area contributed by atoms with E-state index < -0.39 is 11.0 Å². The minimum absolute atomic E-state index is 0.0555. The Kier molecular flexibility index (Phi) is 6.61. The molecule has 19 heavy (non-hydrogen) atoms. The van der Waals surface area contributed by atoms with Crippen LogP contribution >= 0.6 is 11.8 Å². The third-order valence-corrected chi connectivity index (χ3v) is 3.58. The van der Waals surface area contributed by atoms with Gasteiger partial charge in [-0.1, -0.05) is 0 Å². The molecule has 1 aromatic rings. The number of nitrogens with zero attached hydrogens (tertiary/aromatic N) is 1. The molecule has 106 valence electrons. The number of aliphatic hydroxyl groups excluding tert-OH is 2. The summed E-state index contributed by atoms with van der Waals surface area (Å²) < 4.78 is 0. The highest BCUT2D eigenvalue weighted by Crippen LogP contribution is 2.26. The van der Waals surface area contributed by atoms with Gasteiger partial charge in [0.1, 0.15) is 0 Å². The van der Waals surface area contributed by atoms with Crippen LogP contribution in [0.2, 0.25) is 0 Å². The van der Waals surface area contributed by atoms with Gasteiger partial charge in [0.15, 0.2) is 0 Å². The summed E-state index contributed by atoms with van der Waals surface area (Å²) in [6, 6.07) is 4.70. The largest absolute Gasteiger partial charge is 0.394 e. The molecule has 1 unspecified atom stereocenters. The fraction of sp³-hybridized carbons (Fsp3) is 0.500. The Hall–Kier alpha value is -1.31. The van der Waals surface area contributed by atoms with E-state index in [1.54, 1.807) is 6.07 Å². The first-order chi connectivity index (χ1) is 9.08. The van der Waals surface area contributed by atoms with Gasteiger partial charge in [-0.15, -0.1) is 0 Å². The standard InChI is InChI=1S/C12H18N2O4S/c1-2-13-12-4-3-10(14(17)18)5-9(12)7-19-8-11(16)6-15/h3-5,11,13,15-16H,2,6-8H2,1H3. The van der Waals surface area contributed by atoms with Gasteiger partial charge in [-0.05, 0) is 18.6 Å². The van der Waals surface area contributed by atoms with Crippen molar-refractivity contribution >= 4 is 23.1 Å². The molecule has 0 fully saturated rings. The van der Waals surface area contributed by atoms with Gasteiger partial charge in [-0.25, -0.2) is 0 Å². The lowest BCUT2D eigenvalue weighted by molar-refractivity contribution is -0.384. The minimum atomic E-state index is -0.758. The Labute approximate surface area is 116 Å². The lowest BCUT2D eigenvalue weighted by Gasteiger charge is -2.11. The maximum absolute atomic E-state index is 10.8. The van der Waals surface area contributed by atoms with E-state index in [9.17, 15) is 15.2 Å². The van der Waals surface area contributed by atoms with Gasteiger partial charge in [-0.3, -0.25) is 10.1 Å². The Bertz CT molecular complexity index is 428. The van der Waals surface area contributed by atoms with Gasteiger partial charge in [0, 0.05) is 35.9 Å². The van der Waals surface area contributed by atoms with Crippen LogP contribution in [0.25, 0.3) is 0 Å². The monoisotopic (exact) mass is 286 g/mol. The average molecular weight is 286 g/mol. The number of hydrogen-bond donors (Lipinski definition) is 3. The molecule has 0 spiro atoms. The second kappa shape index (κ2) is 7.98. The van der Waals surface area contributed by atoms with Crippen LogP contribution in [0.4, 0.5) is 11.4 Å². The molecule has 0 aliphatic rings. The van der Waals surface area contributed by atoms with Crippen LogP contribution in [0.15, 0.2) is 18.2 Å². The van der Waals surface area contributed by atoms with Crippen molar-refractivity contribution in [1.82, 2.24) is 0 Å². The van der Waals surface area contributed by atoms with Gasteiger partial charge >= 0.3 is 0 Å². The van der Waals surface area contributed by atoms with E-state index in [0.717, 1.165) is 17.8 Å². The van der Waals surface area contributed by atoms with Crippen molar-refractivity contribution in [3.05, 3.63) is 33.9 Å². The number of nitro benzene ring substituents is 1. The van der Waals surface area contributed by atoms with Crippen molar-refractivity contribution in [2.45, 2.75) is 18.8 Å². The number of nitrogens with one attached hydrogen (secondary N) is 1. The molecule has 0 aliphatic carbocycles. The van der Waals surface area contributed by atoms with Crippen molar-refractivity contribution in [1.29, 1.82) is 0 Å². The van der Waals surface area contributed by atoms with E-state index in [2.05, 4.69) is 5.32 Å². The molecule has 1 aromatic carbocycles. The van der Waals surface area contributed by atoms with Crippen molar-refractivity contribution in [3.8, 4) is 0 Å². The molecule has 0 aliphatic heterocycles. The van der Waals surface area contributed by atoms with Gasteiger partial charge in [0.05, 0.1) is 17.6 Å². The zero-order valence-electron chi connectivity index (χ0n) is 10.7. The molecular formula is C12H18N2O4S. The first kappa shape index (κ1) is 15.7. The SMILES string of the molecule is CCNc1ccc([N+](=O)[O-])cc1CSCC(O)CO. The van der Waals surface area contributed by atoms with Crippen LogP contribution in [-0.4, -0.2) is 40.1 Å². The molecule has 0 saturated heterocycles. The van der Waals surface area contributed by atoms with Crippen LogP contribution < -0.4 is 5.32 Å². The summed E-state index contributed by atoms with van der Waals surface area (Å²) in [7, 11) is 0. The minimum Gasteiger partial charge on any atom is -0.394 e. The Balaban J connectivity index is 2.76. The van der Waals surface area contributed by atoms with Gasteiger partial charge < -0.3 is 15.5 Å². The third kappa shape index (κ3) is 5.06. The molecule has 7 heteroatoms. The van der Waals surface area contributed by atoms with Crippen LogP contribution in [0, 0.1) is 10.1 Å². The van der Waals surface area contributed by atoms with E-state index >= 15 is 0 Å². The van der Waals surface area contributed by atoms with E-state index in [1.165, 1.54) is 23.9 Å². The number of aliphatic hydroxyl groups is 2. The maximum Gasteiger partial charge on any atom is 0.269 e. The van der Waals surface area contributed by atoms with Gasteiger partial charge in [0.2, 0.25) is 0 Å². The highest BCUT2D eigenvalue weighted by atomic mass is 32.2. The molecule has 0 radical (unpaired) electrons. The third-order valence-electron chi connectivity index (χ3n) is 2.45. The molecular weight excluding hydrogens is 268 g/mol. The van der Waals surface area contributed by atoms with E-state index in [1.807, 2.05) is 6.92 Å². The molecule has 1 atom stereocenters. The molecule has 0 heterocycles. The lowest BCUT2D eigenvalue weighted by atomic mass is 10.2. The zero-order valence-corrected chi connectivity index (χ0v) is 11.5. The van der Waals surface area contributed by atoms with Crippen LogP contribution in [0.5, 0.6) is 0 Å². The molecule has 6 nitrogen and oxygen atoms in total. The molecule has 3 N–H and O–H groups in total. The number of nitro groups is 1. The predicted molar refractivity (Wildman–Crippen MR) is 76.5 cm³/mol.